The summed E-state index contributed by atoms with van der Waals surface area (Å²) in [5.41, 5.74) is 0.357. The average molecular weight is 303 g/mol. The van der Waals surface area contributed by atoms with Crippen LogP contribution in [-0.2, 0) is 4.74 Å². The molecule has 1 aromatic rings. The molecule has 0 unspecified atom stereocenters. The summed E-state index contributed by atoms with van der Waals surface area (Å²) in [6.45, 7) is 8.51. The zero-order valence-corrected chi connectivity index (χ0v) is 13.0. The highest BCUT2D eigenvalue weighted by atomic mass is 35.5. The van der Waals surface area contributed by atoms with E-state index in [1.807, 2.05) is 6.92 Å². The van der Waals surface area contributed by atoms with Crippen molar-refractivity contribution in [3.8, 4) is 0 Å². The predicted octanol–water partition coefficient (Wildman–Crippen LogP) is 2.29. The summed E-state index contributed by atoms with van der Waals surface area (Å²) < 4.78 is 5.16. The fraction of sp³-hybridized carbons (Fsp3) is 0.692. The Hall–Kier alpha value is -1.27. The zero-order chi connectivity index (χ0) is 15.0. The maximum atomic E-state index is 12.0. The molecule has 20 heavy (non-hydrogen) atoms. The van der Waals surface area contributed by atoms with Crippen LogP contribution in [0.25, 0.3) is 0 Å². The predicted molar refractivity (Wildman–Crippen MR) is 80.4 cm³/mol. The Balaban J connectivity index is 2.52. The molecule has 0 aliphatic rings. The Labute approximate surface area is 124 Å². The van der Waals surface area contributed by atoms with Gasteiger partial charge in [0.05, 0.1) is 6.61 Å². The molecule has 0 saturated heterocycles. The quantitative estimate of drug-likeness (QED) is 0.612. The molecule has 1 heterocycles. The molecule has 0 saturated carbocycles. The van der Waals surface area contributed by atoms with Crippen molar-refractivity contribution < 1.29 is 9.53 Å². The summed E-state index contributed by atoms with van der Waals surface area (Å²) in [6, 6.07) is 0. The number of hydrogen-bond acceptors (Lipinski definition) is 4. The van der Waals surface area contributed by atoms with E-state index in [-0.39, 0.29) is 11.2 Å². The van der Waals surface area contributed by atoms with Gasteiger partial charge in [0.2, 0.25) is 5.28 Å². The van der Waals surface area contributed by atoms with Crippen molar-refractivity contribution in [3.05, 3.63) is 11.0 Å². The van der Waals surface area contributed by atoms with Crippen molar-refractivity contribution in [2.24, 2.45) is 5.92 Å². The number of carbonyl (C=O) groups excluding carboxylic acids is 1. The maximum Gasteiger partial charge on any atom is 0.271 e. The van der Waals surface area contributed by atoms with E-state index in [4.69, 9.17) is 16.3 Å². The summed E-state index contributed by atoms with van der Waals surface area (Å²) in [5, 5.41) is 6.08. The van der Waals surface area contributed by atoms with Crippen LogP contribution in [0.3, 0.4) is 0 Å². The van der Waals surface area contributed by atoms with Crippen molar-refractivity contribution in [1.29, 1.82) is 0 Å². The van der Waals surface area contributed by atoms with Crippen molar-refractivity contribution >= 4 is 23.3 Å². The standard InChI is InChI=1S/C13H23ClN4O2/c1-4-20-8-7-16-12(19)10-11(18-13(14)17-10)15-6-5-9(2)3/h9,15H,4-8H2,1-3H3,(H,16,19)(H,17,18). The van der Waals surface area contributed by atoms with Gasteiger partial charge in [-0.1, -0.05) is 13.8 Å². The number of hydrogen-bond donors (Lipinski definition) is 3. The van der Waals surface area contributed by atoms with E-state index in [0.29, 0.717) is 37.2 Å². The number of nitrogens with zero attached hydrogens (tertiary/aromatic N) is 1. The number of anilines is 1. The van der Waals surface area contributed by atoms with E-state index in [1.165, 1.54) is 0 Å². The molecule has 7 heteroatoms. The minimum Gasteiger partial charge on any atom is -0.380 e. The lowest BCUT2D eigenvalue weighted by Crippen LogP contribution is -2.28. The highest BCUT2D eigenvalue weighted by Gasteiger charge is 2.16. The zero-order valence-electron chi connectivity index (χ0n) is 12.3. The molecule has 1 aromatic heterocycles. The van der Waals surface area contributed by atoms with Crippen LogP contribution in [0, 0.1) is 5.92 Å². The number of carbonyl (C=O) groups is 1. The van der Waals surface area contributed by atoms with Crippen molar-refractivity contribution in [2.45, 2.75) is 27.2 Å². The van der Waals surface area contributed by atoms with Gasteiger partial charge in [-0.05, 0) is 30.9 Å². The van der Waals surface area contributed by atoms with Gasteiger partial charge in [-0.3, -0.25) is 4.79 Å². The second kappa shape index (κ2) is 8.81. The molecular weight excluding hydrogens is 280 g/mol. The largest absolute Gasteiger partial charge is 0.380 e. The topological polar surface area (TPSA) is 79.0 Å². The van der Waals surface area contributed by atoms with Crippen molar-refractivity contribution in [2.75, 3.05) is 31.6 Å². The van der Waals surface area contributed by atoms with Gasteiger partial charge in [-0.15, -0.1) is 0 Å². The molecule has 114 valence electrons. The lowest BCUT2D eigenvalue weighted by molar-refractivity contribution is 0.0919. The van der Waals surface area contributed by atoms with Crippen molar-refractivity contribution in [1.82, 2.24) is 15.3 Å². The van der Waals surface area contributed by atoms with Crippen LogP contribution in [-0.4, -0.2) is 42.2 Å². The lowest BCUT2D eigenvalue weighted by Gasteiger charge is -2.08. The smallest absolute Gasteiger partial charge is 0.271 e. The normalized spacial score (nSPS) is 10.8. The van der Waals surface area contributed by atoms with Gasteiger partial charge in [0.25, 0.3) is 5.91 Å². The number of ether oxygens (including phenoxy) is 1. The van der Waals surface area contributed by atoms with E-state index in [1.54, 1.807) is 0 Å². The van der Waals surface area contributed by atoms with Crippen LogP contribution >= 0.6 is 11.6 Å². The van der Waals surface area contributed by atoms with Gasteiger partial charge in [-0.25, -0.2) is 4.98 Å². The molecule has 0 aliphatic heterocycles. The van der Waals surface area contributed by atoms with Crippen molar-refractivity contribution in [3.63, 3.8) is 0 Å². The van der Waals surface area contributed by atoms with E-state index in [2.05, 4.69) is 34.4 Å². The second-order valence-corrected chi connectivity index (χ2v) is 5.17. The molecule has 0 aromatic carbocycles. The Bertz CT molecular complexity index is 421. The Morgan fingerprint density at radius 3 is 2.85 bits per heavy atom. The number of H-pyrrole nitrogens is 1. The summed E-state index contributed by atoms with van der Waals surface area (Å²) in [4.78, 5) is 18.8. The maximum absolute atomic E-state index is 12.0. The molecule has 6 nitrogen and oxygen atoms in total. The van der Waals surface area contributed by atoms with Gasteiger partial charge in [0.15, 0.2) is 5.82 Å². The molecule has 1 rings (SSSR count). The molecule has 1 amide bonds. The van der Waals surface area contributed by atoms with Crippen LogP contribution in [0.2, 0.25) is 5.28 Å². The fourth-order valence-electron chi connectivity index (χ4n) is 1.59. The minimum absolute atomic E-state index is 0.201. The molecule has 0 radical (unpaired) electrons. The number of imidazole rings is 1. The van der Waals surface area contributed by atoms with Crippen LogP contribution in [0.4, 0.5) is 5.82 Å². The Kier molecular flexibility index (Phi) is 7.40. The third-order valence-electron chi connectivity index (χ3n) is 2.65. The summed E-state index contributed by atoms with van der Waals surface area (Å²) in [7, 11) is 0. The van der Waals surface area contributed by atoms with Gasteiger partial charge in [0.1, 0.15) is 5.69 Å². The highest BCUT2D eigenvalue weighted by Crippen LogP contribution is 2.16. The number of aromatic amines is 1. The van der Waals surface area contributed by atoms with Gasteiger partial charge in [0, 0.05) is 19.7 Å². The monoisotopic (exact) mass is 302 g/mol. The first kappa shape index (κ1) is 16.8. The van der Waals surface area contributed by atoms with E-state index in [0.717, 1.165) is 13.0 Å². The van der Waals surface area contributed by atoms with Gasteiger partial charge < -0.3 is 20.4 Å². The molecule has 3 N–H and O–H groups in total. The first-order chi connectivity index (χ1) is 9.54. The first-order valence-electron chi connectivity index (χ1n) is 6.89. The molecule has 0 spiro atoms. The molecule has 0 atom stereocenters. The molecule has 0 fully saturated rings. The minimum atomic E-state index is -0.240. The summed E-state index contributed by atoms with van der Waals surface area (Å²) in [6.07, 6.45) is 0.996. The van der Waals surface area contributed by atoms with Crippen LogP contribution in [0.1, 0.15) is 37.7 Å². The third kappa shape index (κ3) is 5.79. The van der Waals surface area contributed by atoms with Gasteiger partial charge >= 0.3 is 0 Å². The summed E-state index contributed by atoms with van der Waals surface area (Å²) in [5.74, 6) is 0.834. The number of amides is 1. The average Bonchev–Trinajstić information content (AvgIpc) is 2.75. The van der Waals surface area contributed by atoms with E-state index >= 15 is 0 Å². The van der Waals surface area contributed by atoms with Crippen LogP contribution < -0.4 is 10.6 Å². The van der Waals surface area contributed by atoms with Crippen LogP contribution in [0.15, 0.2) is 0 Å². The molecule has 0 bridgehead atoms. The van der Waals surface area contributed by atoms with E-state index < -0.39 is 0 Å². The number of aromatic nitrogens is 2. The number of halogens is 1. The fourth-order valence-corrected chi connectivity index (χ4v) is 1.76. The molecule has 0 aliphatic carbocycles. The second-order valence-electron chi connectivity index (χ2n) is 4.81. The SMILES string of the molecule is CCOCCNC(=O)c1[nH]c(Cl)nc1NCCC(C)C. The first-order valence-corrected chi connectivity index (χ1v) is 7.27. The Morgan fingerprint density at radius 1 is 1.45 bits per heavy atom. The third-order valence-corrected chi connectivity index (χ3v) is 2.83. The summed E-state index contributed by atoms with van der Waals surface area (Å²) >= 11 is 5.82. The number of nitrogens with one attached hydrogen (secondary N) is 3. The lowest BCUT2D eigenvalue weighted by atomic mass is 10.1. The Morgan fingerprint density at radius 2 is 2.20 bits per heavy atom. The van der Waals surface area contributed by atoms with Crippen LogP contribution in [0.5, 0.6) is 0 Å². The highest BCUT2D eigenvalue weighted by molar-refractivity contribution is 6.28. The van der Waals surface area contributed by atoms with E-state index in [9.17, 15) is 4.79 Å². The number of rotatable bonds is 9. The molecular formula is C13H23ClN4O2. The van der Waals surface area contributed by atoms with Gasteiger partial charge in [-0.2, -0.15) is 0 Å².